The van der Waals surface area contributed by atoms with Gasteiger partial charge in [-0.3, -0.25) is 4.79 Å². The van der Waals surface area contributed by atoms with E-state index in [1.165, 1.54) is 0 Å². The monoisotopic (exact) mass is 505 g/mol. The zero-order valence-corrected chi connectivity index (χ0v) is 21.3. The molecule has 1 amide bonds. The number of carbonyl (C=O) groups is 1. The molecule has 2 aromatic carbocycles. The molecule has 6 nitrogen and oxygen atoms in total. The molecule has 2 N–H and O–H groups in total. The fourth-order valence-electron chi connectivity index (χ4n) is 3.26. The third-order valence-electron chi connectivity index (χ3n) is 5.14. The summed E-state index contributed by atoms with van der Waals surface area (Å²) in [5.41, 5.74) is 2.98. The van der Waals surface area contributed by atoms with Crippen LogP contribution in [0, 0.1) is 6.92 Å². The number of nitrogens with one attached hydrogen (secondary N) is 2. The molecule has 0 atom stereocenters. The van der Waals surface area contributed by atoms with Crippen molar-refractivity contribution in [3.63, 3.8) is 0 Å². The maximum absolute atomic E-state index is 12.3. The fraction of sp³-hybridized carbons (Fsp3) is 0.480. The molecule has 0 aromatic heterocycles. The predicted octanol–water partition coefficient (Wildman–Crippen LogP) is 5.00. The van der Waals surface area contributed by atoms with Crippen molar-refractivity contribution in [3.05, 3.63) is 52.0 Å². The van der Waals surface area contributed by atoms with Crippen LogP contribution in [0.5, 0.6) is 11.5 Å². The average molecular weight is 506 g/mol. The molecule has 0 aliphatic rings. The summed E-state index contributed by atoms with van der Waals surface area (Å²) >= 11 is 3.63. The number of benzene rings is 2. The van der Waals surface area contributed by atoms with Gasteiger partial charge in [0, 0.05) is 16.7 Å². The largest absolute Gasteiger partial charge is 0.490 e. The van der Waals surface area contributed by atoms with Gasteiger partial charge >= 0.3 is 0 Å². The normalized spacial score (nSPS) is 10.9. The molecule has 32 heavy (non-hydrogen) atoms. The van der Waals surface area contributed by atoms with E-state index >= 15 is 0 Å². The van der Waals surface area contributed by atoms with Gasteiger partial charge < -0.3 is 25.0 Å². The molecule has 0 aliphatic carbocycles. The number of aryl methyl sites for hydroxylation is 1. The number of nitrogens with zero attached hydrogens (tertiary/aromatic N) is 1. The van der Waals surface area contributed by atoms with E-state index in [1.54, 1.807) is 0 Å². The second kappa shape index (κ2) is 14.1. The first-order valence-electron chi connectivity index (χ1n) is 11.3. The molecule has 0 heterocycles. The molecule has 0 radical (unpaired) electrons. The van der Waals surface area contributed by atoms with Crippen molar-refractivity contribution in [1.82, 2.24) is 10.2 Å². The molecule has 0 saturated carbocycles. The van der Waals surface area contributed by atoms with Crippen LogP contribution in [0.1, 0.15) is 38.3 Å². The topological polar surface area (TPSA) is 62.8 Å². The van der Waals surface area contributed by atoms with Gasteiger partial charge in [0.15, 0.2) is 18.1 Å². The standard InChI is InChI=1S/C25H36BrN3O3/c1-5-29(6-2)14-8-13-27-17-20-15-23(31-7-3)24(16-22(20)26)32-18-25(30)28-21-11-9-19(4)10-12-21/h9-12,15-16,27H,5-8,13-14,17-18H2,1-4H3,(H,28,30). The molecular weight excluding hydrogens is 470 g/mol. The highest BCUT2D eigenvalue weighted by molar-refractivity contribution is 9.10. The Bertz CT molecular complexity index is 839. The van der Waals surface area contributed by atoms with Crippen molar-refractivity contribution in [2.45, 2.75) is 40.7 Å². The van der Waals surface area contributed by atoms with E-state index in [9.17, 15) is 4.79 Å². The molecule has 176 valence electrons. The zero-order valence-electron chi connectivity index (χ0n) is 19.7. The van der Waals surface area contributed by atoms with E-state index < -0.39 is 0 Å². The molecule has 0 bridgehead atoms. The van der Waals surface area contributed by atoms with Crippen LogP contribution >= 0.6 is 15.9 Å². The lowest BCUT2D eigenvalue weighted by Gasteiger charge is -2.18. The maximum Gasteiger partial charge on any atom is 0.262 e. The van der Waals surface area contributed by atoms with Gasteiger partial charge in [0.2, 0.25) is 0 Å². The summed E-state index contributed by atoms with van der Waals surface area (Å²) in [6.45, 7) is 13.7. The second-order valence-electron chi connectivity index (χ2n) is 7.58. The highest BCUT2D eigenvalue weighted by Gasteiger charge is 2.13. The maximum atomic E-state index is 12.3. The molecule has 7 heteroatoms. The fourth-order valence-corrected chi connectivity index (χ4v) is 3.72. The number of anilines is 1. The van der Waals surface area contributed by atoms with Crippen LogP contribution in [0.2, 0.25) is 0 Å². The van der Waals surface area contributed by atoms with E-state index in [4.69, 9.17) is 9.47 Å². The van der Waals surface area contributed by atoms with Gasteiger partial charge in [0.1, 0.15) is 0 Å². The van der Waals surface area contributed by atoms with Gasteiger partial charge in [-0.25, -0.2) is 0 Å². The molecule has 2 aromatic rings. The Kier molecular flexibility index (Phi) is 11.6. The van der Waals surface area contributed by atoms with E-state index in [0.29, 0.717) is 18.1 Å². The minimum atomic E-state index is -0.216. The summed E-state index contributed by atoms with van der Waals surface area (Å²) in [5, 5.41) is 6.34. The van der Waals surface area contributed by atoms with Crippen LogP contribution in [0.25, 0.3) is 0 Å². The number of hydrogen-bond acceptors (Lipinski definition) is 5. The Morgan fingerprint density at radius 2 is 1.72 bits per heavy atom. The smallest absolute Gasteiger partial charge is 0.262 e. The van der Waals surface area contributed by atoms with Crippen molar-refractivity contribution in [2.24, 2.45) is 0 Å². The lowest BCUT2D eigenvalue weighted by atomic mass is 10.2. The van der Waals surface area contributed by atoms with E-state index in [0.717, 1.165) is 60.4 Å². The van der Waals surface area contributed by atoms with Crippen LogP contribution in [0.15, 0.2) is 40.9 Å². The van der Waals surface area contributed by atoms with Crippen LogP contribution in [-0.2, 0) is 11.3 Å². The third kappa shape index (κ3) is 8.81. The molecule has 2 rings (SSSR count). The molecule has 0 spiro atoms. The molecule has 0 unspecified atom stereocenters. The van der Waals surface area contributed by atoms with Crippen molar-refractivity contribution < 1.29 is 14.3 Å². The van der Waals surface area contributed by atoms with Crippen LogP contribution in [0.4, 0.5) is 5.69 Å². The number of amides is 1. The summed E-state index contributed by atoms with van der Waals surface area (Å²) in [6, 6.07) is 11.5. The second-order valence-corrected chi connectivity index (χ2v) is 8.44. The number of hydrogen-bond donors (Lipinski definition) is 2. The van der Waals surface area contributed by atoms with E-state index in [2.05, 4.69) is 45.3 Å². The quantitative estimate of drug-likeness (QED) is 0.354. The van der Waals surface area contributed by atoms with Crippen molar-refractivity contribution >= 4 is 27.5 Å². The Morgan fingerprint density at radius 1 is 1.03 bits per heavy atom. The molecular formula is C25H36BrN3O3. The zero-order chi connectivity index (χ0) is 23.3. The highest BCUT2D eigenvalue weighted by Crippen LogP contribution is 2.34. The predicted molar refractivity (Wildman–Crippen MR) is 135 cm³/mol. The summed E-state index contributed by atoms with van der Waals surface area (Å²) in [4.78, 5) is 14.7. The minimum Gasteiger partial charge on any atom is -0.490 e. The van der Waals surface area contributed by atoms with Crippen LogP contribution in [-0.4, -0.2) is 50.2 Å². The lowest BCUT2D eigenvalue weighted by molar-refractivity contribution is -0.118. The van der Waals surface area contributed by atoms with Crippen molar-refractivity contribution in [1.29, 1.82) is 0 Å². The van der Waals surface area contributed by atoms with Crippen molar-refractivity contribution in [3.8, 4) is 11.5 Å². The number of carbonyl (C=O) groups excluding carboxylic acids is 1. The van der Waals surface area contributed by atoms with Crippen molar-refractivity contribution in [2.75, 3.05) is 44.7 Å². The average Bonchev–Trinajstić information content (AvgIpc) is 2.78. The van der Waals surface area contributed by atoms with Crippen LogP contribution < -0.4 is 20.1 Å². The first kappa shape index (κ1) is 26.2. The SMILES string of the molecule is CCOc1cc(CNCCCN(CC)CC)c(Br)cc1OCC(=O)Nc1ccc(C)cc1. The van der Waals surface area contributed by atoms with E-state index in [-0.39, 0.29) is 12.5 Å². The first-order valence-corrected chi connectivity index (χ1v) is 12.1. The Labute approximate surface area is 200 Å². The van der Waals surface area contributed by atoms with Gasteiger partial charge in [-0.2, -0.15) is 0 Å². The Balaban J connectivity index is 1.91. The molecule has 0 saturated heterocycles. The molecule has 0 aliphatic heterocycles. The van der Waals surface area contributed by atoms with E-state index in [1.807, 2.05) is 50.2 Å². The van der Waals surface area contributed by atoms with Crippen LogP contribution in [0.3, 0.4) is 0 Å². The number of ether oxygens (including phenoxy) is 2. The Hall–Kier alpha value is -2.09. The summed E-state index contributed by atoms with van der Waals surface area (Å²) in [5.74, 6) is 0.966. The molecule has 0 fully saturated rings. The lowest BCUT2D eigenvalue weighted by Crippen LogP contribution is -2.27. The summed E-state index contributed by atoms with van der Waals surface area (Å²) in [6.07, 6.45) is 1.11. The van der Waals surface area contributed by atoms with Gasteiger partial charge in [-0.15, -0.1) is 0 Å². The van der Waals surface area contributed by atoms with Gasteiger partial charge in [0.05, 0.1) is 6.61 Å². The summed E-state index contributed by atoms with van der Waals surface area (Å²) < 4.78 is 12.5. The first-order chi connectivity index (χ1) is 15.5. The highest BCUT2D eigenvalue weighted by atomic mass is 79.9. The Morgan fingerprint density at radius 3 is 2.38 bits per heavy atom. The van der Waals surface area contributed by atoms with Gasteiger partial charge in [-0.05, 0) is 76.3 Å². The number of rotatable bonds is 14. The number of halogens is 1. The van der Waals surface area contributed by atoms with Gasteiger partial charge in [0.25, 0.3) is 5.91 Å². The minimum absolute atomic E-state index is 0.0939. The summed E-state index contributed by atoms with van der Waals surface area (Å²) in [7, 11) is 0. The van der Waals surface area contributed by atoms with Gasteiger partial charge in [-0.1, -0.05) is 47.5 Å². The third-order valence-corrected chi connectivity index (χ3v) is 5.88.